The number of piperazine rings is 1. The first-order chi connectivity index (χ1) is 15.0. The number of rotatable bonds is 5. The SMILES string of the molecule is N#Cc1ccc(S(=O)(=O)N2CCN([C@@H](C(=O)N3CCCC3)c3ccccc3)CC2)cc1. The van der Waals surface area contributed by atoms with E-state index in [1.165, 1.54) is 28.6 Å². The summed E-state index contributed by atoms with van der Waals surface area (Å²) in [5.74, 6) is 0.104. The van der Waals surface area contributed by atoms with Crippen molar-refractivity contribution in [2.45, 2.75) is 23.8 Å². The van der Waals surface area contributed by atoms with E-state index in [4.69, 9.17) is 5.26 Å². The zero-order valence-electron chi connectivity index (χ0n) is 17.4. The van der Waals surface area contributed by atoms with Crippen molar-refractivity contribution in [2.24, 2.45) is 0 Å². The second-order valence-corrected chi connectivity index (χ2v) is 9.86. The van der Waals surface area contributed by atoms with Gasteiger partial charge in [0.2, 0.25) is 15.9 Å². The van der Waals surface area contributed by atoms with Crippen LogP contribution in [0.3, 0.4) is 0 Å². The predicted molar refractivity (Wildman–Crippen MR) is 116 cm³/mol. The molecule has 0 saturated carbocycles. The highest BCUT2D eigenvalue weighted by Crippen LogP contribution is 2.28. The Bertz CT molecular complexity index is 1050. The minimum atomic E-state index is -3.63. The highest BCUT2D eigenvalue weighted by molar-refractivity contribution is 7.89. The van der Waals surface area contributed by atoms with Gasteiger partial charge in [-0.3, -0.25) is 9.69 Å². The summed E-state index contributed by atoms with van der Waals surface area (Å²) >= 11 is 0. The largest absolute Gasteiger partial charge is 0.341 e. The Labute approximate surface area is 183 Å². The van der Waals surface area contributed by atoms with E-state index in [9.17, 15) is 13.2 Å². The van der Waals surface area contributed by atoms with Gasteiger partial charge in [0.25, 0.3) is 0 Å². The van der Waals surface area contributed by atoms with Crippen LogP contribution in [0.2, 0.25) is 0 Å². The number of nitriles is 1. The number of carbonyl (C=O) groups is 1. The fraction of sp³-hybridized carbons (Fsp3) is 0.391. The van der Waals surface area contributed by atoms with Crippen LogP contribution >= 0.6 is 0 Å². The van der Waals surface area contributed by atoms with E-state index >= 15 is 0 Å². The van der Waals surface area contributed by atoms with E-state index in [0.29, 0.717) is 31.7 Å². The summed E-state index contributed by atoms with van der Waals surface area (Å²) in [6.45, 7) is 3.17. The number of sulfonamides is 1. The molecule has 0 radical (unpaired) electrons. The van der Waals surface area contributed by atoms with Gasteiger partial charge in [0.15, 0.2) is 0 Å². The maximum Gasteiger partial charge on any atom is 0.244 e. The molecule has 2 saturated heterocycles. The van der Waals surface area contributed by atoms with Gasteiger partial charge < -0.3 is 4.90 Å². The molecule has 2 aliphatic heterocycles. The van der Waals surface area contributed by atoms with Crippen LogP contribution < -0.4 is 0 Å². The fourth-order valence-corrected chi connectivity index (χ4v) is 5.73. The molecule has 2 aromatic rings. The summed E-state index contributed by atoms with van der Waals surface area (Å²) < 4.78 is 27.5. The van der Waals surface area contributed by atoms with E-state index in [-0.39, 0.29) is 16.8 Å². The van der Waals surface area contributed by atoms with Crippen molar-refractivity contribution in [1.29, 1.82) is 5.26 Å². The van der Waals surface area contributed by atoms with E-state index < -0.39 is 10.0 Å². The maximum absolute atomic E-state index is 13.3. The van der Waals surface area contributed by atoms with Crippen molar-refractivity contribution in [3.63, 3.8) is 0 Å². The number of benzene rings is 2. The van der Waals surface area contributed by atoms with Crippen LogP contribution in [0.4, 0.5) is 0 Å². The van der Waals surface area contributed by atoms with Crippen molar-refractivity contribution < 1.29 is 13.2 Å². The average molecular weight is 439 g/mol. The Kier molecular flexibility index (Phi) is 6.37. The minimum absolute atomic E-state index is 0.104. The Hall–Kier alpha value is -2.73. The lowest BCUT2D eigenvalue weighted by atomic mass is 10.0. The van der Waals surface area contributed by atoms with E-state index in [1.807, 2.05) is 41.3 Å². The zero-order chi connectivity index (χ0) is 21.8. The van der Waals surface area contributed by atoms with Gasteiger partial charge in [0.1, 0.15) is 6.04 Å². The van der Waals surface area contributed by atoms with Gasteiger partial charge in [-0.25, -0.2) is 8.42 Å². The molecular formula is C23H26N4O3S. The molecule has 8 heteroatoms. The number of nitrogens with zero attached hydrogens (tertiary/aromatic N) is 4. The van der Waals surface area contributed by atoms with Crippen molar-refractivity contribution in [3.05, 3.63) is 65.7 Å². The van der Waals surface area contributed by atoms with Crippen LogP contribution in [-0.4, -0.2) is 67.7 Å². The van der Waals surface area contributed by atoms with E-state index in [2.05, 4.69) is 4.90 Å². The lowest BCUT2D eigenvalue weighted by Gasteiger charge is -2.39. The number of amides is 1. The monoisotopic (exact) mass is 438 g/mol. The van der Waals surface area contributed by atoms with Crippen molar-refractivity contribution in [1.82, 2.24) is 14.1 Å². The standard InChI is InChI=1S/C23H26N4O3S/c24-18-19-8-10-21(11-9-19)31(29,30)27-16-14-25(15-17-27)22(20-6-2-1-3-7-20)23(28)26-12-4-5-13-26/h1-3,6-11,22H,4-5,12-17H2/t22-/m1/s1. The molecule has 0 N–H and O–H groups in total. The Morgan fingerprint density at radius 1 is 0.871 bits per heavy atom. The third-order valence-corrected chi connectivity index (χ3v) is 7.94. The zero-order valence-corrected chi connectivity index (χ0v) is 18.2. The summed E-state index contributed by atoms with van der Waals surface area (Å²) in [6.07, 6.45) is 2.06. The van der Waals surface area contributed by atoms with Crippen LogP contribution in [-0.2, 0) is 14.8 Å². The molecule has 0 unspecified atom stereocenters. The summed E-state index contributed by atoms with van der Waals surface area (Å²) in [6, 6.07) is 17.3. The second-order valence-electron chi connectivity index (χ2n) is 7.92. The summed E-state index contributed by atoms with van der Waals surface area (Å²) in [5.41, 5.74) is 1.37. The topological polar surface area (TPSA) is 84.7 Å². The molecule has 2 aliphatic rings. The van der Waals surface area contributed by atoms with E-state index in [0.717, 1.165) is 31.5 Å². The Balaban J connectivity index is 1.50. The maximum atomic E-state index is 13.3. The first-order valence-electron chi connectivity index (χ1n) is 10.6. The Morgan fingerprint density at radius 3 is 2.06 bits per heavy atom. The van der Waals surface area contributed by atoms with E-state index in [1.54, 1.807) is 0 Å². The molecule has 0 bridgehead atoms. The molecule has 1 atom stereocenters. The smallest absolute Gasteiger partial charge is 0.244 e. The van der Waals surface area contributed by atoms with Gasteiger partial charge in [-0.05, 0) is 42.7 Å². The van der Waals surface area contributed by atoms with Gasteiger partial charge >= 0.3 is 0 Å². The molecule has 4 rings (SSSR count). The molecule has 2 fully saturated rings. The van der Waals surface area contributed by atoms with Crippen LogP contribution in [0.1, 0.15) is 30.0 Å². The third-order valence-electron chi connectivity index (χ3n) is 6.03. The molecule has 1 amide bonds. The molecule has 2 aromatic carbocycles. The second kappa shape index (κ2) is 9.18. The molecule has 0 aliphatic carbocycles. The molecule has 0 spiro atoms. The molecular weight excluding hydrogens is 412 g/mol. The van der Waals surface area contributed by atoms with Crippen LogP contribution in [0.25, 0.3) is 0 Å². The van der Waals surface area contributed by atoms with Crippen molar-refractivity contribution in [3.8, 4) is 6.07 Å². The summed E-state index contributed by atoms with van der Waals surface area (Å²) in [7, 11) is -3.63. The number of carbonyl (C=O) groups excluding carboxylic acids is 1. The lowest BCUT2D eigenvalue weighted by molar-refractivity contribution is -0.136. The van der Waals surface area contributed by atoms with Crippen LogP contribution in [0, 0.1) is 11.3 Å². The fourth-order valence-electron chi connectivity index (χ4n) is 4.31. The first-order valence-corrected chi connectivity index (χ1v) is 12.0. The summed E-state index contributed by atoms with van der Waals surface area (Å²) in [5, 5.41) is 8.93. The number of hydrogen-bond donors (Lipinski definition) is 0. The first kappa shape index (κ1) is 21.5. The van der Waals surface area contributed by atoms with Gasteiger partial charge in [-0.2, -0.15) is 9.57 Å². The molecule has 7 nitrogen and oxygen atoms in total. The minimum Gasteiger partial charge on any atom is -0.341 e. The highest BCUT2D eigenvalue weighted by Gasteiger charge is 2.36. The lowest BCUT2D eigenvalue weighted by Crippen LogP contribution is -2.52. The van der Waals surface area contributed by atoms with Crippen molar-refractivity contribution in [2.75, 3.05) is 39.3 Å². The van der Waals surface area contributed by atoms with Gasteiger partial charge in [0, 0.05) is 39.3 Å². The molecule has 2 heterocycles. The third kappa shape index (κ3) is 4.49. The highest BCUT2D eigenvalue weighted by atomic mass is 32.2. The van der Waals surface area contributed by atoms with Crippen LogP contribution in [0.5, 0.6) is 0 Å². The normalized spacial score (nSPS) is 19.1. The number of hydrogen-bond acceptors (Lipinski definition) is 5. The molecule has 31 heavy (non-hydrogen) atoms. The predicted octanol–water partition coefficient (Wildman–Crippen LogP) is 2.23. The molecule has 162 valence electrons. The van der Waals surface area contributed by atoms with Gasteiger partial charge in [-0.1, -0.05) is 30.3 Å². The van der Waals surface area contributed by atoms with Gasteiger partial charge in [0.05, 0.1) is 16.5 Å². The summed E-state index contributed by atoms with van der Waals surface area (Å²) in [4.78, 5) is 17.5. The quantitative estimate of drug-likeness (QED) is 0.715. The Morgan fingerprint density at radius 2 is 1.48 bits per heavy atom. The number of likely N-dealkylation sites (tertiary alicyclic amines) is 1. The van der Waals surface area contributed by atoms with Crippen molar-refractivity contribution >= 4 is 15.9 Å². The average Bonchev–Trinajstić information content (AvgIpc) is 3.35. The van der Waals surface area contributed by atoms with Gasteiger partial charge in [-0.15, -0.1) is 0 Å². The van der Waals surface area contributed by atoms with Crippen LogP contribution in [0.15, 0.2) is 59.5 Å². The molecule has 0 aromatic heterocycles.